The molecule has 0 bridgehead atoms. The zero-order valence-electron chi connectivity index (χ0n) is 37.9. The molecular formula is C54H62N4O8. The molecule has 2 atom stereocenters. The molecule has 12 nitrogen and oxygen atoms in total. The SMILES string of the molecule is C=CCN1C(=O)CCc2c(OCC(CN3CCC(c4ccccc4)CC3)OC(=O)C(=O)OC(COc3cccc4c3CCC(=O)N4CC=C)CN3CCC(c4ccccc4)CC3)cccc21. The average molecular weight is 895 g/mol. The largest absolute Gasteiger partial charge is 0.489 e. The molecule has 4 heterocycles. The third-order valence-electron chi connectivity index (χ3n) is 13.4. The lowest BCUT2D eigenvalue weighted by Crippen LogP contribution is -2.45. The van der Waals surface area contributed by atoms with E-state index in [-0.39, 0.29) is 25.0 Å². The van der Waals surface area contributed by atoms with Gasteiger partial charge in [-0.3, -0.25) is 19.4 Å². The maximum atomic E-state index is 13.9. The van der Waals surface area contributed by atoms with Gasteiger partial charge in [0.05, 0.1) is 11.4 Å². The number of anilines is 2. The second-order valence-corrected chi connectivity index (χ2v) is 17.7. The summed E-state index contributed by atoms with van der Waals surface area (Å²) in [7, 11) is 0. The van der Waals surface area contributed by atoms with Crippen LogP contribution in [0.1, 0.15) is 72.6 Å². The Labute approximate surface area is 388 Å². The first-order valence-corrected chi connectivity index (χ1v) is 23.6. The van der Waals surface area contributed by atoms with Crippen LogP contribution in [0.5, 0.6) is 11.5 Å². The third kappa shape index (κ3) is 11.4. The smallest absolute Gasteiger partial charge is 0.417 e. The molecule has 0 aliphatic carbocycles. The summed E-state index contributed by atoms with van der Waals surface area (Å²) >= 11 is 0. The van der Waals surface area contributed by atoms with E-state index >= 15 is 0 Å². The van der Waals surface area contributed by atoms with Gasteiger partial charge in [-0.05, 0) is 112 Å². The summed E-state index contributed by atoms with van der Waals surface area (Å²) in [5.74, 6) is -0.0523. The quantitative estimate of drug-likeness (QED) is 0.0560. The number of hydrogen-bond donors (Lipinski definition) is 0. The highest BCUT2D eigenvalue weighted by Crippen LogP contribution is 2.37. The minimum atomic E-state index is -1.09. The van der Waals surface area contributed by atoms with E-state index in [1.807, 2.05) is 48.5 Å². The second-order valence-electron chi connectivity index (χ2n) is 17.7. The van der Waals surface area contributed by atoms with Crippen LogP contribution in [0.2, 0.25) is 0 Å². The molecule has 2 amide bonds. The molecule has 4 aliphatic rings. The number of carbonyl (C=O) groups excluding carboxylic acids is 4. The highest BCUT2D eigenvalue weighted by atomic mass is 16.6. The van der Waals surface area contributed by atoms with E-state index in [1.54, 1.807) is 22.0 Å². The van der Waals surface area contributed by atoms with Crippen LogP contribution in [0.3, 0.4) is 0 Å². The fraction of sp³-hybridized carbons (Fsp3) is 0.407. The minimum absolute atomic E-state index is 0.00309. The van der Waals surface area contributed by atoms with Crippen LogP contribution in [0.25, 0.3) is 0 Å². The van der Waals surface area contributed by atoms with E-state index in [4.69, 9.17) is 18.9 Å². The van der Waals surface area contributed by atoms with Crippen LogP contribution in [0.15, 0.2) is 122 Å². The van der Waals surface area contributed by atoms with Gasteiger partial charge >= 0.3 is 11.9 Å². The predicted molar refractivity (Wildman–Crippen MR) is 255 cm³/mol. The van der Waals surface area contributed by atoms with E-state index in [2.05, 4.69) is 71.5 Å². The number of carbonyl (C=O) groups is 4. The molecule has 66 heavy (non-hydrogen) atoms. The van der Waals surface area contributed by atoms with Crippen LogP contribution in [0.4, 0.5) is 11.4 Å². The van der Waals surface area contributed by atoms with Crippen LogP contribution >= 0.6 is 0 Å². The van der Waals surface area contributed by atoms with Crippen molar-refractivity contribution in [3.63, 3.8) is 0 Å². The lowest BCUT2D eigenvalue weighted by Gasteiger charge is -2.35. The van der Waals surface area contributed by atoms with Crippen molar-refractivity contribution in [2.75, 3.05) is 75.4 Å². The number of piperidine rings is 2. The fourth-order valence-electron chi connectivity index (χ4n) is 9.98. The van der Waals surface area contributed by atoms with Crippen molar-refractivity contribution in [1.29, 1.82) is 0 Å². The first-order chi connectivity index (χ1) is 32.3. The van der Waals surface area contributed by atoms with Crippen molar-refractivity contribution in [2.24, 2.45) is 0 Å². The highest BCUT2D eigenvalue weighted by Gasteiger charge is 2.33. The second kappa shape index (κ2) is 22.3. The molecule has 2 saturated heterocycles. The maximum absolute atomic E-state index is 13.9. The molecule has 0 saturated carbocycles. The Kier molecular flexibility index (Phi) is 15.6. The highest BCUT2D eigenvalue weighted by molar-refractivity contribution is 6.29. The van der Waals surface area contributed by atoms with Crippen LogP contribution < -0.4 is 19.3 Å². The molecule has 346 valence electrons. The molecule has 12 heteroatoms. The molecule has 2 fully saturated rings. The average Bonchev–Trinajstić information content (AvgIpc) is 3.35. The molecule has 0 N–H and O–H groups in total. The molecule has 8 rings (SSSR count). The molecule has 4 aromatic rings. The van der Waals surface area contributed by atoms with E-state index < -0.39 is 24.1 Å². The summed E-state index contributed by atoms with van der Waals surface area (Å²) in [6.45, 7) is 12.3. The number of benzene rings is 4. The number of amides is 2. The van der Waals surface area contributed by atoms with Crippen molar-refractivity contribution >= 4 is 35.1 Å². The van der Waals surface area contributed by atoms with Gasteiger partial charge in [-0.2, -0.15) is 0 Å². The summed E-state index contributed by atoms with van der Waals surface area (Å²) < 4.78 is 25.0. The number of esters is 2. The molecule has 0 aromatic heterocycles. The number of likely N-dealkylation sites (tertiary alicyclic amines) is 2. The molecule has 0 radical (unpaired) electrons. The predicted octanol–water partition coefficient (Wildman–Crippen LogP) is 7.66. The lowest BCUT2D eigenvalue weighted by molar-refractivity contribution is -0.177. The van der Waals surface area contributed by atoms with E-state index in [0.717, 1.165) is 74.4 Å². The van der Waals surface area contributed by atoms with Gasteiger partial charge in [0.15, 0.2) is 0 Å². The third-order valence-corrected chi connectivity index (χ3v) is 13.4. The lowest BCUT2D eigenvalue weighted by atomic mass is 9.89. The van der Waals surface area contributed by atoms with E-state index in [0.29, 0.717) is 75.2 Å². The first-order valence-electron chi connectivity index (χ1n) is 23.6. The Morgan fingerprint density at radius 2 is 0.939 bits per heavy atom. The Hall–Kier alpha value is -6.24. The van der Waals surface area contributed by atoms with E-state index in [1.165, 1.54) is 11.1 Å². The van der Waals surface area contributed by atoms with Crippen LogP contribution in [-0.4, -0.2) is 111 Å². The number of ether oxygens (including phenoxy) is 4. The first kappa shape index (κ1) is 46.3. The molecular weight excluding hydrogens is 833 g/mol. The normalized spacial score (nSPS) is 18.1. The summed E-state index contributed by atoms with van der Waals surface area (Å²) in [4.78, 5) is 61.4. The fourth-order valence-corrected chi connectivity index (χ4v) is 9.98. The van der Waals surface area contributed by atoms with Crippen LogP contribution in [0, 0.1) is 0 Å². The van der Waals surface area contributed by atoms with Crippen molar-refractivity contribution in [3.8, 4) is 11.5 Å². The van der Waals surface area contributed by atoms with Gasteiger partial charge in [-0.25, -0.2) is 9.59 Å². The van der Waals surface area contributed by atoms with Gasteiger partial charge in [0.2, 0.25) is 11.8 Å². The monoisotopic (exact) mass is 894 g/mol. The van der Waals surface area contributed by atoms with Gasteiger partial charge < -0.3 is 28.7 Å². The van der Waals surface area contributed by atoms with Crippen molar-refractivity contribution < 1.29 is 38.1 Å². The molecule has 4 aliphatic heterocycles. The number of nitrogens with zero attached hydrogens (tertiary/aromatic N) is 4. The summed E-state index contributed by atoms with van der Waals surface area (Å²) in [6.07, 6.45) is 7.34. The Morgan fingerprint density at radius 1 is 0.545 bits per heavy atom. The topological polar surface area (TPSA) is 118 Å². The number of fused-ring (bicyclic) bond motifs is 2. The van der Waals surface area contributed by atoms with Crippen molar-refractivity contribution in [2.45, 2.75) is 75.4 Å². The molecule has 0 spiro atoms. The van der Waals surface area contributed by atoms with Crippen LogP contribution in [-0.2, 0) is 41.5 Å². The minimum Gasteiger partial charge on any atom is -0.489 e. The molecule has 2 unspecified atom stereocenters. The van der Waals surface area contributed by atoms with E-state index in [9.17, 15) is 19.2 Å². The zero-order valence-corrected chi connectivity index (χ0v) is 37.9. The number of rotatable bonds is 18. The Morgan fingerprint density at radius 3 is 1.32 bits per heavy atom. The zero-order chi connectivity index (χ0) is 45.8. The van der Waals surface area contributed by atoms with Crippen molar-refractivity contribution in [3.05, 3.63) is 145 Å². The maximum Gasteiger partial charge on any atom is 0.417 e. The van der Waals surface area contributed by atoms with Gasteiger partial charge in [0, 0.05) is 50.1 Å². The summed E-state index contributed by atoms with van der Waals surface area (Å²) in [5, 5.41) is 0. The molecule has 4 aromatic carbocycles. The van der Waals surface area contributed by atoms with Gasteiger partial charge in [-0.1, -0.05) is 84.9 Å². The number of hydrogen-bond acceptors (Lipinski definition) is 10. The van der Waals surface area contributed by atoms with Crippen molar-refractivity contribution in [1.82, 2.24) is 9.80 Å². The summed E-state index contributed by atoms with van der Waals surface area (Å²) in [6, 6.07) is 32.3. The standard InChI is InChI=1S/C54H62N4O8/c1-3-29-57-47-17-11-19-49(45(47)21-23-51(57)59)63-37-43(35-55-31-25-41(26-32-55)39-13-7-5-8-14-39)65-53(61)54(62)66-44(36-56-33-27-42(28-34-56)40-15-9-6-10-16-40)38-64-50-20-12-18-48-46(50)22-24-52(60)58(48)30-4-2/h3-20,41-44H,1-2,21-38H2. The Balaban J connectivity index is 0.969. The summed E-state index contributed by atoms with van der Waals surface area (Å²) in [5.41, 5.74) is 6.00. The Bertz CT molecular complexity index is 2160. The van der Waals surface area contributed by atoms with Gasteiger partial charge in [0.25, 0.3) is 0 Å². The van der Waals surface area contributed by atoms with Gasteiger partial charge in [-0.15, -0.1) is 13.2 Å². The van der Waals surface area contributed by atoms with Gasteiger partial charge in [0.1, 0.15) is 36.9 Å².